The highest BCUT2D eigenvalue weighted by atomic mass is 19.4. The van der Waals surface area contributed by atoms with E-state index in [9.17, 15) is 13.2 Å². The molecule has 0 fully saturated rings. The number of halogens is 3. The molecule has 0 aliphatic rings. The Bertz CT molecular complexity index is 756. The Labute approximate surface area is 115 Å². The number of rotatable bonds is 3. The molecule has 0 atom stereocenters. The van der Waals surface area contributed by atoms with Crippen LogP contribution in [0.2, 0.25) is 0 Å². The predicted octanol–water partition coefficient (Wildman–Crippen LogP) is 2.03. The minimum atomic E-state index is -4.47. The quantitative estimate of drug-likeness (QED) is 0.799. The maximum atomic E-state index is 12.4. The molecule has 0 unspecified atom stereocenters. The minimum Gasteiger partial charge on any atom is -0.337 e. The number of hydrogen-bond acceptors (Lipinski definition) is 5. The van der Waals surface area contributed by atoms with Gasteiger partial charge in [-0.25, -0.2) is 4.98 Å². The van der Waals surface area contributed by atoms with Gasteiger partial charge in [0, 0.05) is 11.9 Å². The molecule has 21 heavy (non-hydrogen) atoms. The van der Waals surface area contributed by atoms with Gasteiger partial charge >= 0.3 is 6.18 Å². The van der Waals surface area contributed by atoms with Gasteiger partial charge in [-0.2, -0.15) is 23.3 Å². The molecule has 3 rings (SSSR count). The van der Waals surface area contributed by atoms with Gasteiger partial charge < -0.3 is 9.09 Å². The number of aryl methyl sites for hydroxylation is 1. The number of hydrogen-bond donors (Lipinski definition) is 1. The van der Waals surface area contributed by atoms with E-state index in [1.54, 1.807) is 13.1 Å². The van der Waals surface area contributed by atoms with Crippen LogP contribution in [0.3, 0.4) is 0 Å². The van der Waals surface area contributed by atoms with Crippen LogP contribution in [-0.4, -0.2) is 29.9 Å². The van der Waals surface area contributed by atoms with Gasteiger partial charge in [0.15, 0.2) is 5.69 Å². The fourth-order valence-corrected chi connectivity index (χ4v) is 1.75. The van der Waals surface area contributed by atoms with E-state index in [-0.39, 0.29) is 12.4 Å². The van der Waals surface area contributed by atoms with E-state index in [4.69, 9.17) is 4.52 Å². The van der Waals surface area contributed by atoms with Gasteiger partial charge in [0.2, 0.25) is 11.7 Å². The zero-order valence-electron chi connectivity index (χ0n) is 10.7. The Hall–Kier alpha value is -2.65. The first-order chi connectivity index (χ1) is 9.93. The van der Waals surface area contributed by atoms with Gasteiger partial charge in [0.25, 0.3) is 0 Å². The molecule has 7 nitrogen and oxygen atoms in total. The maximum Gasteiger partial charge on any atom is 0.434 e. The van der Waals surface area contributed by atoms with Crippen molar-refractivity contribution in [1.29, 1.82) is 0 Å². The summed E-state index contributed by atoms with van der Waals surface area (Å²) < 4.78 is 43.5. The number of aromatic amines is 1. The smallest absolute Gasteiger partial charge is 0.337 e. The SMILES string of the molecule is Cc1[nH]ncc1-c1noc(Cn2cnc(C(F)(F)F)c2)n1. The van der Waals surface area contributed by atoms with Crippen molar-refractivity contribution in [3.63, 3.8) is 0 Å². The number of nitrogens with one attached hydrogen (secondary N) is 1. The van der Waals surface area contributed by atoms with Gasteiger partial charge in [-0.05, 0) is 6.92 Å². The zero-order valence-corrected chi connectivity index (χ0v) is 10.7. The summed E-state index contributed by atoms with van der Waals surface area (Å²) in [5.74, 6) is 0.504. The predicted molar refractivity (Wildman–Crippen MR) is 62.9 cm³/mol. The monoisotopic (exact) mass is 298 g/mol. The Morgan fingerprint density at radius 3 is 2.81 bits per heavy atom. The lowest BCUT2D eigenvalue weighted by atomic mass is 10.2. The van der Waals surface area contributed by atoms with Crippen LogP contribution in [0.4, 0.5) is 13.2 Å². The molecular weight excluding hydrogens is 289 g/mol. The van der Waals surface area contributed by atoms with Gasteiger partial charge in [-0.3, -0.25) is 5.10 Å². The van der Waals surface area contributed by atoms with Crippen molar-refractivity contribution in [2.75, 3.05) is 0 Å². The molecule has 0 radical (unpaired) electrons. The average molecular weight is 298 g/mol. The second-order valence-electron chi connectivity index (χ2n) is 4.35. The normalized spacial score (nSPS) is 12.0. The third-order valence-corrected chi connectivity index (χ3v) is 2.78. The Morgan fingerprint density at radius 2 is 2.19 bits per heavy atom. The second kappa shape index (κ2) is 4.72. The van der Waals surface area contributed by atoms with Crippen LogP contribution >= 0.6 is 0 Å². The molecule has 0 amide bonds. The van der Waals surface area contributed by atoms with E-state index >= 15 is 0 Å². The van der Waals surface area contributed by atoms with Gasteiger partial charge in [-0.15, -0.1) is 0 Å². The third-order valence-electron chi connectivity index (χ3n) is 2.78. The van der Waals surface area contributed by atoms with Crippen LogP contribution in [0.5, 0.6) is 0 Å². The molecule has 0 saturated carbocycles. The highest BCUT2D eigenvalue weighted by Gasteiger charge is 2.33. The van der Waals surface area contributed by atoms with E-state index in [1.807, 2.05) is 0 Å². The summed E-state index contributed by atoms with van der Waals surface area (Å²) in [6.45, 7) is 1.80. The first-order valence-electron chi connectivity index (χ1n) is 5.85. The fraction of sp³-hybridized carbons (Fsp3) is 0.273. The molecular formula is C11H9F3N6O. The number of H-pyrrole nitrogens is 1. The molecule has 3 aromatic rings. The number of nitrogens with zero attached hydrogens (tertiary/aromatic N) is 5. The highest BCUT2D eigenvalue weighted by molar-refractivity contribution is 5.55. The molecule has 0 aromatic carbocycles. The summed E-state index contributed by atoms with van der Waals surface area (Å²) in [7, 11) is 0. The van der Waals surface area contributed by atoms with Crippen LogP contribution in [0.15, 0.2) is 23.2 Å². The molecule has 110 valence electrons. The van der Waals surface area contributed by atoms with E-state index in [0.29, 0.717) is 11.4 Å². The van der Waals surface area contributed by atoms with Gasteiger partial charge in [0.1, 0.15) is 6.54 Å². The lowest BCUT2D eigenvalue weighted by Gasteiger charge is -1.99. The lowest BCUT2D eigenvalue weighted by Crippen LogP contribution is -2.05. The van der Waals surface area contributed by atoms with Crippen molar-refractivity contribution in [1.82, 2.24) is 29.9 Å². The Balaban J connectivity index is 1.79. The van der Waals surface area contributed by atoms with E-state index < -0.39 is 11.9 Å². The van der Waals surface area contributed by atoms with Crippen molar-refractivity contribution in [3.05, 3.63) is 36.0 Å². The second-order valence-corrected chi connectivity index (χ2v) is 4.35. The number of aromatic nitrogens is 6. The summed E-state index contributed by atoms with van der Waals surface area (Å²) in [5.41, 5.74) is 0.476. The number of alkyl halides is 3. The molecule has 0 bridgehead atoms. The van der Waals surface area contributed by atoms with Gasteiger partial charge in [-0.1, -0.05) is 5.16 Å². The van der Waals surface area contributed by atoms with Crippen molar-refractivity contribution >= 4 is 0 Å². The Kier molecular flexibility index (Phi) is 3.00. The first-order valence-corrected chi connectivity index (χ1v) is 5.85. The van der Waals surface area contributed by atoms with E-state index in [1.165, 1.54) is 4.57 Å². The molecule has 0 saturated heterocycles. The average Bonchev–Trinajstić information content (AvgIpc) is 3.09. The molecule has 0 aliphatic carbocycles. The van der Waals surface area contributed by atoms with Crippen LogP contribution in [0.1, 0.15) is 17.3 Å². The van der Waals surface area contributed by atoms with Crippen LogP contribution in [-0.2, 0) is 12.7 Å². The largest absolute Gasteiger partial charge is 0.434 e. The fourth-order valence-electron chi connectivity index (χ4n) is 1.75. The topological polar surface area (TPSA) is 85.4 Å². The van der Waals surface area contributed by atoms with Crippen molar-refractivity contribution in [3.8, 4) is 11.4 Å². The van der Waals surface area contributed by atoms with E-state index in [2.05, 4.69) is 25.3 Å². The summed E-state index contributed by atoms with van der Waals surface area (Å²) in [4.78, 5) is 7.40. The Morgan fingerprint density at radius 1 is 1.38 bits per heavy atom. The maximum absolute atomic E-state index is 12.4. The third kappa shape index (κ3) is 2.64. The number of imidazole rings is 1. The molecule has 0 spiro atoms. The molecule has 3 aromatic heterocycles. The van der Waals surface area contributed by atoms with E-state index in [0.717, 1.165) is 18.2 Å². The minimum absolute atomic E-state index is 0.00692. The summed E-state index contributed by atoms with van der Waals surface area (Å²) >= 11 is 0. The summed E-state index contributed by atoms with van der Waals surface area (Å²) in [5, 5.41) is 10.3. The lowest BCUT2D eigenvalue weighted by molar-refractivity contribution is -0.140. The molecule has 1 N–H and O–H groups in total. The van der Waals surface area contributed by atoms with Gasteiger partial charge in [0.05, 0.1) is 18.1 Å². The first kappa shape index (κ1) is 13.3. The molecule has 10 heteroatoms. The zero-order chi connectivity index (χ0) is 15.0. The van der Waals surface area contributed by atoms with Crippen LogP contribution in [0, 0.1) is 6.92 Å². The molecule has 3 heterocycles. The highest BCUT2D eigenvalue weighted by Crippen LogP contribution is 2.27. The van der Waals surface area contributed by atoms with Crippen molar-refractivity contribution in [2.45, 2.75) is 19.6 Å². The van der Waals surface area contributed by atoms with Crippen molar-refractivity contribution < 1.29 is 17.7 Å². The van der Waals surface area contributed by atoms with Crippen LogP contribution < -0.4 is 0 Å². The van der Waals surface area contributed by atoms with Crippen LogP contribution in [0.25, 0.3) is 11.4 Å². The standard InChI is InChI=1S/C11H9F3N6O/c1-6-7(2-16-18-6)10-17-9(21-19-10)4-20-3-8(15-5-20)11(12,13)14/h2-3,5H,4H2,1H3,(H,16,18). The summed E-state index contributed by atoms with van der Waals surface area (Å²) in [6, 6.07) is 0. The summed E-state index contributed by atoms with van der Waals surface area (Å²) in [6.07, 6.45) is -0.981. The van der Waals surface area contributed by atoms with Crippen molar-refractivity contribution in [2.24, 2.45) is 0 Å². The molecule has 0 aliphatic heterocycles.